The number of rotatable bonds is 6. The molecule has 0 aromatic heterocycles. The highest BCUT2D eigenvalue weighted by atomic mass is 16.5. The molecule has 0 unspecified atom stereocenters. The number of carbonyl (C=O) groups excluding carboxylic acids is 1. The summed E-state index contributed by atoms with van der Waals surface area (Å²) in [6.45, 7) is 0.429. The van der Waals surface area contributed by atoms with Crippen LogP contribution in [0.15, 0.2) is 18.2 Å². The monoisotopic (exact) mass is 279 g/mol. The Kier molecular flexibility index (Phi) is 4.84. The van der Waals surface area contributed by atoms with E-state index in [4.69, 9.17) is 10.5 Å². The van der Waals surface area contributed by atoms with Gasteiger partial charge in [0.1, 0.15) is 6.04 Å². The maximum atomic E-state index is 11.7. The molecule has 1 aliphatic rings. The van der Waals surface area contributed by atoms with Crippen LogP contribution >= 0.6 is 0 Å². The summed E-state index contributed by atoms with van der Waals surface area (Å²) in [6.07, 6.45) is 4.93. The molecule has 1 aliphatic carbocycles. The Bertz CT molecular complexity index is 471. The molecule has 0 saturated heterocycles. The zero-order valence-corrected chi connectivity index (χ0v) is 11.4. The number of aromatic hydroxyl groups is 2. The molecule has 0 bridgehead atoms. The fourth-order valence-corrected chi connectivity index (χ4v) is 2.25. The van der Waals surface area contributed by atoms with Crippen LogP contribution in [0.1, 0.15) is 31.2 Å². The van der Waals surface area contributed by atoms with E-state index < -0.39 is 12.0 Å². The maximum absolute atomic E-state index is 11.7. The van der Waals surface area contributed by atoms with E-state index in [1.807, 2.05) is 0 Å². The molecular weight excluding hydrogens is 258 g/mol. The number of hydrogen-bond acceptors (Lipinski definition) is 5. The van der Waals surface area contributed by atoms with Gasteiger partial charge in [-0.05, 0) is 36.5 Å². The lowest BCUT2D eigenvalue weighted by molar-refractivity contribution is -0.145. The van der Waals surface area contributed by atoms with E-state index in [2.05, 4.69) is 0 Å². The molecule has 1 aromatic rings. The first-order chi connectivity index (χ1) is 9.56. The SMILES string of the molecule is N[C@@H](Cc1ccc(O)c(O)c1)C(=O)OCCC1CCC1. The number of ether oxygens (including phenoxy) is 1. The average Bonchev–Trinajstić information content (AvgIpc) is 2.36. The zero-order chi connectivity index (χ0) is 14.5. The van der Waals surface area contributed by atoms with Gasteiger partial charge in [0, 0.05) is 0 Å². The van der Waals surface area contributed by atoms with Gasteiger partial charge in [0.05, 0.1) is 6.61 Å². The van der Waals surface area contributed by atoms with E-state index >= 15 is 0 Å². The van der Waals surface area contributed by atoms with E-state index in [1.54, 1.807) is 6.07 Å². The second kappa shape index (κ2) is 6.61. The number of phenols is 2. The Morgan fingerprint density at radius 2 is 2.10 bits per heavy atom. The zero-order valence-electron chi connectivity index (χ0n) is 11.4. The van der Waals surface area contributed by atoms with Crippen LogP contribution in [0.25, 0.3) is 0 Å². The van der Waals surface area contributed by atoms with E-state index in [0.717, 1.165) is 6.42 Å². The predicted molar refractivity (Wildman–Crippen MR) is 74.4 cm³/mol. The molecule has 0 radical (unpaired) electrons. The van der Waals surface area contributed by atoms with Gasteiger partial charge in [-0.2, -0.15) is 0 Å². The molecule has 1 fully saturated rings. The summed E-state index contributed by atoms with van der Waals surface area (Å²) in [6, 6.07) is 3.65. The second-order valence-electron chi connectivity index (χ2n) is 5.39. The summed E-state index contributed by atoms with van der Waals surface area (Å²) in [5.74, 6) is -0.122. The molecule has 1 aromatic carbocycles. The van der Waals surface area contributed by atoms with Gasteiger partial charge in [-0.25, -0.2) is 0 Å². The summed E-state index contributed by atoms with van der Waals surface area (Å²) in [7, 11) is 0. The number of nitrogens with two attached hydrogens (primary N) is 1. The van der Waals surface area contributed by atoms with Crippen molar-refractivity contribution >= 4 is 5.97 Å². The lowest BCUT2D eigenvalue weighted by Crippen LogP contribution is -2.34. The summed E-state index contributed by atoms with van der Waals surface area (Å²) in [5.41, 5.74) is 6.47. The minimum absolute atomic E-state index is 0.189. The highest BCUT2D eigenvalue weighted by Crippen LogP contribution is 2.29. The third-order valence-electron chi connectivity index (χ3n) is 3.79. The van der Waals surface area contributed by atoms with Gasteiger partial charge < -0.3 is 20.7 Å². The minimum atomic E-state index is -0.750. The Labute approximate surface area is 118 Å². The first kappa shape index (κ1) is 14.7. The van der Waals surface area contributed by atoms with Crippen LogP contribution < -0.4 is 5.73 Å². The van der Waals surface area contributed by atoms with Gasteiger partial charge in [-0.1, -0.05) is 25.3 Å². The predicted octanol–water partition coefficient (Wildman–Crippen LogP) is 1.70. The molecule has 4 N–H and O–H groups in total. The standard InChI is InChI=1S/C15H21NO4/c16-12(8-11-4-5-13(17)14(18)9-11)15(19)20-7-6-10-2-1-3-10/h4-5,9-10,12,17-18H,1-3,6-8,16H2/t12-/m0/s1. The van der Waals surface area contributed by atoms with Crippen molar-refractivity contribution < 1.29 is 19.7 Å². The molecule has 5 heteroatoms. The van der Waals surface area contributed by atoms with Crippen LogP contribution in [-0.2, 0) is 16.0 Å². The van der Waals surface area contributed by atoms with Crippen molar-refractivity contribution in [2.24, 2.45) is 11.7 Å². The number of benzene rings is 1. The molecule has 0 aliphatic heterocycles. The highest BCUT2D eigenvalue weighted by Gasteiger charge is 2.20. The van der Waals surface area contributed by atoms with Gasteiger partial charge in [0.25, 0.3) is 0 Å². The smallest absolute Gasteiger partial charge is 0.323 e. The summed E-state index contributed by atoms with van der Waals surface area (Å²) < 4.78 is 5.16. The van der Waals surface area contributed by atoms with Crippen LogP contribution in [0.4, 0.5) is 0 Å². The quantitative estimate of drug-likeness (QED) is 0.544. The van der Waals surface area contributed by atoms with Crippen LogP contribution in [0.5, 0.6) is 11.5 Å². The topological polar surface area (TPSA) is 92.8 Å². The van der Waals surface area contributed by atoms with Crippen molar-refractivity contribution in [1.82, 2.24) is 0 Å². The molecule has 20 heavy (non-hydrogen) atoms. The molecule has 0 amide bonds. The molecule has 110 valence electrons. The number of phenolic OH excluding ortho intramolecular Hbond substituents is 2. The van der Waals surface area contributed by atoms with Gasteiger partial charge >= 0.3 is 5.97 Å². The Balaban J connectivity index is 1.75. The highest BCUT2D eigenvalue weighted by molar-refractivity contribution is 5.75. The van der Waals surface area contributed by atoms with E-state index in [-0.39, 0.29) is 17.9 Å². The van der Waals surface area contributed by atoms with Crippen molar-refractivity contribution in [3.63, 3.8) is 0 Å². The van der Waals surface area contributed by atoms with Crippen LogP contribution in [0.2, 0.25) is 0 Å². The average molecular weight is 279 g/mol. The molecular formula is C15H21NO4. The van der Waals surface area contributed by atoms with Crippen molar-refractivity contribution in [1.29, 1.82) is 0 Å². The van der Waals surface area contributed by atoms with Gasteiger partial charge in [0.15, 0.2) is 11.5 Å². The van der Waals surface area contributed by atoms with Gasteiger partial charge in [-0.3, -0.25) is 4.79 Å². The normalized spacial score (nSPS) is 16.4. The number of hydrogen-bond donors (Lipinski definition) is 3. The summed E-state index contributed by atoms with van der Waals surface area (Å²) in [4.78, 5) is 11.7. The largest absolute Gasteiger partial charge is 0.504 e. The second-order valence-corrected chi connectivity index (χ2v) is 5.39. The molecule has 0 spiro atoms. The van der Waals surface area contributed by atoms with E-state index in [0.29, 0.717) is 18.1 Å². The maximum Gasteiger partial charge on any atom is 0.323 e. The lowest BCUT2D eigenvalue weighted by atomic mass is 9.83. The number of esters is 1. The fraction of sp³-hybridized carbons (Fsp3) is 0.533. The first-order valence-corrected chi connectivity index (χ1v) is 6.99. The van der Waals surface area contributed by atoms with Crippen molar-refractivity contribution in [2.45, 2.75) is 38.1 Å². The fourth-order valence-electron chi connectivity index (χ4n) is 2.25. The van der Waals surface area contributed by atoms with E-state index in [9.17, 15) is 15.0 Å². The van der Waals surface area contributed by atoms with Gasteiger partial charge in [0.2, 0.25) is 0 Å². The summed E-state index contributed by atoms with van der Waals surface area (Å²) >= 11 is 0. The van der Waals surface area contributed by atoms with E-state index in [1.165, 1.54) is 31.4 Å². The molecule has 0 heterocycles. The lowest BCUT2D eigenvalue weighted by Gasteiger charge is -2.25. The van der Waals surface area contributed by atoms with Crippen molar-refractivity contribution in [3.05, 3.63) is 23.8 Å². The van der Waals surface area contributed by atoms with Crippen LogP contribution in [0.3, 0.4) is 0 Å². The third-order valence-corrected chi connectivity index (χ3v) is 3.79. The first-order valence-electron chi connectivity index (χ1n) is 6.99. The third kappa shape index (κ3) is 3.87. The van der Waals surface area contributed by atoms with Crippen molar-refractivity contribution in [2.75, 3.05) is 6.61 Å². The Morgan fingerprint density at radius 3 is 2.70 bits per heavy atom. The van der Waals surface area contributed by atoms with Crippen LogP contribution in [-0.4, -0.2) is 28.8 Å². The Morgan fingerprint density at radius 1 is 1.35 bits per heavy atom. The Hall–Kier alpha value is -1.75. The van der Waals surface area contributed by atoms with Gasteiger partial charge in [-0.15, -0.1) is 0 Å². The van der Waals surface area contributed by atoms with Crippen LogP contribution in [0, 0.1) is 5.92 Å². The number of carbonyl (C=O) groups is 1. The molecule has 1 saturated carbocycles. The minimum Gasteiger partial charge on any atom is -0.504 e. The molecule has 1 atom stereocenters. The summed E-state index contributed by atoms with van der Waals surface area (Å²) in [5, 5.41) is 18.6. The molecule has 5 nitrogen and oxygen atoms in total. The van der Waals surface area contributed by atoms with Crippen molar-refractivity contribution in [3.8, 4) is 11.5 Å². The molecule has 2 rings (SSSR count).